The van der Waals surface area contributed by atoms with E-state index in [4.69, 9.17) is 0 Å². The van der Waals surface area contributed by atoms with E-state index in [1.807, 2.05) is 0 Å². The monoisotopic (exact) mass is 545 g/mol. The molecule has 1 atom stereocenters. The van der Waals surface area contributed by atoms with Crippen LogP contribution < -0.4 is 0 Å². The summed E-state index contributed by atoms with van der Waals surface area (Å²) >= 11 is 0. The van der Waals surface area contributed by atoms with Crippen molar-refractivity contribution < 1.29 is 0 Å². The van der Waals surface area contributed by atoms with E-state index in [9.17, 15) is 0 Å². The molecule has 208 valence electrons. The van der Waals surface area contributed by atoms with Gasteiger partial charge in [0.05, 0.1) is 0 Å². The maximum absolute atomic E-state index is 2.50. The third-order valence-corrected chi connectivity index (χ3v) is 7.76. The first-order valence-corrected chi connectivity index (χ1v) is 15.9. The first kappa shape index (κ1) is 36.6. The minimum atomic E-state index is 0. The first-order chi connectivity index (χ1) is 16.2. The van der Waals surface area contributed by atoms with Crippen molar-refractivity contribution in [2.45, 2.75) is 193 Å². The molecule has 0 fully saturated rings. The molecule has 0 saturated carbocycles. The van der Waals surface area contributed by atoms with Crippen LogP contribution in [0.25, 0.3) is 0 Å². The van der Waals surface area contributed by atoms with Gasteiger partial charge in [-0.3, -0.25) is 0 Å². The first-order valence-electron chi connectivity index (χ1n) is 15.9. The molecule has 0 spiro atoms. The Morgan fingerprint density at radius 1 is 0.353 bits per heavy atom. The van der Waals surface area contributed by atoms with Crippen molar-refractivity contribution in [1.82, 2.24) is 4.90 Å². The summed E-state index contributed by atoms with van der Waals surface area (Å²) < 4.78 is 0. The van der Waals surface area contributed by atoms with Gasteiger partial charge >= 0.3 is 0 Å². The Kier molecular flexibility index (Phi) is 33.9. The summed E-state index contributed by atoms with van der Waals surface area (Å²) in [6.07, 6.45) is 39.3. The van der Waals surface area contributed by atoms with Crippen molar-refractivity contribution in [3.63, 3.8) is 0 Å². The Labute approximate surface area is 228 Å². The molecule has 0 amide bonds. The highest BCUT2D eigenvalue weighted by Crippen LogP contribution is 2.18. The highest BCUT2D eigenvalue weighted by atomic mass is 79.9. The molecule has 0 saturated heterocycles. The van der Waals surface area contributed by atoms with Crippen LogP contribution in [-0.2, 0) is 0 Å². The minimum Gasteiger partial charge on any atom is -0.306 e. The average Bonchev–Trinajstić information content (AvgIpc) is 2.81. The molecule has 0 aliphatic heterocycles. The van der Waals surface area contributed by atoms with Crippen molar-refractivity contribution >= 4 is 17.0 Å². The van der Waals surface area contributed by atoms with Gasteiger partial charge in [0, 0.05) is 6.04 Å². The van der Waals surface area contributed by atoms with E-state index in [2.05, 4.69) is 32.8 Å². The topological polar surface area (TPSA) is 3.24 Å². The maximum atomic E-state index is 2.50. The number of hydrogen-bond donors (Lipinski definition) is 0. The molecule has 0 aromatic heterocycles. The SMILES string of the molecule is Br.CCCCCCCCCCCCCCCCCCC(CCCCCCCCCCC)N(C)C. The third kappa shape index (κ3) is 28.7. The van der Waals surface area contributed by atoms with Crippen molar-refractivity contribution in [1.29, 1.82) is 0 Å². The minimum absolute atomic E-state index is 0. The molecule has 34 heavy (non-hydrogen) atoms. The summed E-state index contributed by atoms with van der Waals surface area (Å²) in [6.45, 7) is 4.61. The zero-order valence-corrected chi connectivity index (χ0v) is 26.2. The molecule has 0 rings (SSSR count). The Morgan fingerprint density at radius 2 is 0.559 bits per heavy atom. The normalized spacial score (nSPS) is 12.3. The fourth-order valence-electron chi connectivity index (χ4n) is 5.28. The van der Waals surface area contributed by atoms with Crippen molar-refractivity contribution in [3.8, 4) is 0 Å². The highest BCUT2D eigenvalue weighted by Gasteiger charge is 2.10. The molecule has 0 bridgehead atoms. The number of nitrogens with zero attached hydrogens (tertiary/aromatic N) is 1. The molecular formula is C32H68BrN. The third-order valence-electron chi connectivity index (χ3n) is 7.76. The quantitative estimate of drug-likeness (QED) is 0.0882. The lowest BCUT2D eigenvalue weighted by Crippen LogP contribution is -2.27. The lowest BCUT2D eigenvalue weighted by Gasteiger charge is -2.24. The average molecular weight is 547 g/mol. The van der Waals surface area contributed by atoms with Crippen LogP contribution in [0.2, 0.25) is 0 Å². The van der Waals surface area contributed by atoms with Gasteiger partial charge < -0.3 is 4.90 Å². The zero-order chi connectivity index (χ0) is 24.2. The van der Waals surface area contributed by atoms with Crippen molar-refractivity contribution in [2.75, 3.05) is 14.1 Å². The summed E-state index contributed by atoms with van der Waals surface area (Å²) in [5.74, 6) is 0. The molecule has 0 radical (unpaired) electrons. The highest BCUT2D eigenvalue weighted by molar-refractivity contribution is 8.93. The fraction of sp³-hybridized carbons (Fsp3) is 1.00. The molecule has 2 heteroatoms. The summed E-state index contributed by atoms with van der Waals surface area (Å²) in [6, 6.07) is 0.821. The van der Waals surface area contributed by atoms with Gasteiger partial charge in [-0.25, -0.2) is 0 Å². The second kappa shape index (κ2) is 31.5. The van der Waals surface area contributed by atoms with Gasteiger partial charge in [0.25, 0.3) is 0 Å². The Bertz CT molecular complexity index is 344. The summed E-state index contributed by atoms with van der Waals surface area (Å²) in [4.78, 5) is 2.50. The van der Waals surface area contributed by atoms with Crippen LogP contribution in [-0.4, -0.2) is 25.0 Å². The largest absolute Gasteiger partial charge is 0.306 e. The predicted molar refractivity (Wildman–Crippen MR) is 164 cm³/mol. The smallest absolute Gasteiger partial charge is 0.00891 e. The van der Waals surface area contributed by atoms with E-state index >= 15 is 0 Å². The second-order valence-corrected chi connectivity index (χ2v) is 11.3. The van der Waals surface area contributed by atoms with Gasteiger partial charge in [0.15, 0.2) is 0 Å². The van der Waals surface area contributed by atoms with Crippen LogP contribution in [0.3, 0.4) is 0 Å². The molecule has 0 aliphatic rings. The molecule has 0 heterocycles. The second-order valence-electron chi connectivity index (χ2n) is 11.3. The van der Waals surface area contributed by atoms with Crippen LogP contribution in [0.15, 0.2) is 0 Å². The number of hydrogen-bond acceptors (Lipinski definition) is 1. The van der Waals surface area contributed by atoms with E-state index in [0.717, 1.165) is 6.04 Å². The zero-order valence-electron chi connectivity index (χ0n) is 24.5. The van der Waals surface area contributed by atoms with Gasteiger partial charge in [0.2, 0.25) is 0 Å². The molecule has 0 aliphatic carbocycles. The maximum Gasteiger partial charge on any atom is 0.00891 e. The number of unbranched alkanes of at least 4 members (excludes halogenated alkanes) is 23. The van der Waals surface area contributed by atoms with Crippen LogP contribution in [0.1, 0.15) is 187 Å². The summed E-state index contributed by atoms with van der Waals surface area (Å²) in [7, 11) is 4.59. The van der Waals surface area contributed by atoms with E-state index in [1.54, 1.807) is 0 Å². The molecular weight excluding hydrogens is 478 g/mol. The van der Waals surface area contributed by atoms with Gasteiger partial charge in [0.1, 0.15) is 0 Å². The Hall–Kier alpha value is 0.440. The van der Waals surface area contributed by atoms with Crippen molar-refractivity contribution in [3.05, 3.63) is 0 Å². The van der Waals surface area contributed by atoms with Crippen LogP contribution >= 0.6 is 17.0 Å². The molecule has 0 N–H and O–H groups in total. The molecule has 1 unspecified atom stereocenters. The van der Waals surface area contributed by atoms with Gasteiger partial charge in [-0.05, 0) is 26.9 Å². The standard InChI is InChI=1S/C32H67N.BrH/c1-5-7-9-11-13-15-16-17-18-19-20-21-23-25-27-29-31-32(33(3)4)30-28-26-24-22-14-12-10-8-6-2;/h32H,5-31H2,1-4H3;1H. The van der Waals surface area contributed by atoms with E-state index < -0.39 is 0 Å². The van der Waals surface area contributed by atoms with E-state index in [-0.39, 0.29) is 17.0 Å². The van der Waals surface area contributed by atoms with Crippen LogP contribution in [0.5, 0.6) is 0 Å². The van der Waals surface area contributed by atoms with Crippen LogP contribution in [0.4, 0.5) is 0 Å². The fourth-order valence-corrected chi connectivity index (χ4v) is 5.28. The molecule has 0 aromatic carbocycles. The van der Waals surface area contributed by atoms with Gasteiger partial charge in [-0.15, -0.1) is 17.0 Å². The van der Waals surface area contributed by atoms with Crippen molar-refractivity contribution in [2.24, 2.45) is 0 Å². The molecule has 1 nitrogen and oxygen atoms in total. The summed E-state index contributed by atoms with van der Waals surface area (Å²) in [5, 5.41) is 0. The van der Waals surface area contributed by atoms with E-state index in [0.29, 0.717) is 0 Å². The summed E-state index contributed by atoms with van der Waals surface area (Å²) in [5.41, 5.74) is 0. The molecule has 0 aromatic rings. The van der Waals surface area contributed by atoms with Gasteiger partial charge in [-0.1, -0.05) is 174 Å². The predicted octanol–water partition coefficient (Wildman–Crippen LogP) is 12.1. The number of halogens is 1. The lowest BCUT2D eigenvalue weighted by atomic mass is 9.99. The Balaban J connectivity index is 0. The van der Waals surface area contributed by atoms with E-state index in [1.165, 1.54) is 173 Å². The van der Waals surface area contributed by atoms with Crippen LogP contribution in [0, 0.1) is 0 Å². The Morgan fingerprint density at radius 3 is 0.765 bits per heavy atom. The lowest BCUT2D eigenvalue weighted by molar-refractivity contribution is 0.251. The number of rotatable bonds is 28. The van der Waals surface area contributed by atoms with Gasteiger partial charge in [-0.2, -0.15) is 0 Å².